The minimum Gasteiger partial charge on any atom is -0.489 e. The van der Waals surface area contributed by atoms with E-state index in [0.717, 1.165) is 0 Å². The Bertz CT molecular complexity index is 1100. The molecular formula is C21H16N2O7. The van der Waals surface area contributed by atoms with Gasteiger partial charge >= 0.3 is 0 Å². The fourth-order valence-corrected chi connectivity index (χ4v) is 2.77. The minimum atomic E-state index is -0.508. The Labute approximate surface area is 170 Å². The van der Waals surface area contributed by atoms with Crippen molar-refractivity contribution in [2.75, 3.05) is 0 Å². The molecule has 0 heterocycles. The lowest BCUT2D eigenvalue weighted by molar-refractivity contribution is -0.386. The van der Waals surface area contributed by atoms with Crippen LogP contribution in [-0.4, -0.2) is 16.1 Å². The predicted octanol–water partition coefficient (Wildman–Crippen LogP) is 4.47. The summed E-state index contributed by atoms with van der Waals surface area (Å²) < 4.78 is 11.3. The summed E-state index contributed by atoms with van der Waals surface area (Å²) in [6.07, 6.45) is 0.598. The Morgan fingerprint density at radius 3 is 1.83 bits per heavy atom. The van der Waals surface area contributed by atoms with Crippen LogP contribution in [-0.2, 0) is 13.2 Å². The SMILES string of the molecule is O=Cc1ccc(OCc2ccccc2[N+](=O)[O-])cc1OCc1ccccc1[N+](=O)[O-]. The monoisotopic (exact) mass is 408 g/mol. The first-order valence-corrected chi connectivity index (χ1v) is 8.79. The van der Waals surface area contributed by atoms with E-state index in [-0.39, 0.29) is 35.9 Å². The van der Waals surface area contributed by atoms with E-state index >= 15 is 0 Å². The van der Waals surface area contributed by atoms with Gasteiger partial charge in [-0.3, -0.25) is 25.0 Å². The van der Waals surface area contributed by atoms with E-state index in [9.17, 15) is 25.0 Å². The molecule has 0 fully saturated rings. The van der Waals surface area contributed by atoms with Gasteiger partial charge in [-0.25, -0.2) is 0 Å². The van der Waals surface area contributed by atoms with Crippen LogP contribution in [0.25, 0.3) is 0 Å². The fourth-order valence-electron chi connectivity index (χ4n) is 2.77. The maximum atomic E-state index is 11.3. The predicted molar refractivity (Wildman–Crippen MR) is 107 cm³/mol. The molecule has 152 valence electrons. The van der Waals surface area contributed by atoms with Crippen LogP contribution in [0.2, 0.25) is 0 Å². The molecule has 0 unspecified atom stereocenters. The van der Waals surface area contributed by atoms with E-state index in [0.29, 0.717) is 23.2 Å². The first kappa shape index (κ1) is 20.5. The maximum Gasteiger partial charge on any atom is 0.276 e. The first-order chi connectivity index (χ1) is 14.5. The van der Waals surface area contributed by atoms with E-state index in [4.69, 9.17) is 9.47 Å². The molecule has 3 aromatic carbocycles. The van der Waals surface area contributed by atoms with E-state index in [2.05, 4.69) is 0 Å². The van der Waals surface area contributed by atoms with Crippen molar-refractivity contribution in [3.63, 3.8) is 0 Å². The Balaban J connectivity index is 1.77. The number of para-hydroxylation sites is 2. The average molecular weight is 408 g/mol. The lowest BCUT2D eigenvalue weighted by atomic mass is 10.2. The van der Waals surface area contributed by atoms with Gasteiger partial charge in [-0.05, 0) is 24.3 Å². The van der Waals surface area contributed by atoms with Crippen molar-refractivity contribution < 1.29 is 24.1 Å². The fraction of sp³-hybridized carbons (Fsp3) is 0.0952. The molecule has 0 N–H and O–H groups in total. The number of hydrogen-bond acceptors (Lipinski definition) is 7. The minimum absolute atomic E-state index is 0.0544. The van der Waals surface area contributed by atoms with Gasteiger partial charge in [0.1, 0.15) is 24.7 Å². The van der Waals surface area contributed by atoms with Gasteiger partial charge in [-0.15, -0.1) is 0 Å². The molecule has 0 saturated heterocycles. The molecule has 0 aliphatic heterocycles. The molecule has 3 rings (SSSR count). The summed E-state index contributed by atoms with van der Waals surface area (Å²) in [4.78, 5) is 32.6. The van der Waals surface area contributed by atoms with E-state index < -0.39 is 9.85 Å². The normalized spacial score (nSPS) is 10.3. The molecule has 0 radical (unpaired) electrons. The second-order valence-corrected chi connectivity index (χ2v) is 6.17. The van der Waals surface area contributed by atoms with Crippen LogP contribution < -0.4 is 9.47 Å². The number of nitro benzene ring substituents is 2. The van der Waals surface area contributed by atoms with E-state index in [1.54, 1.807) is 36.4 Å². The lowest BCUT2D eigenvalue weighted by Gasteiger charge is -2.12. The highest BCUT2D eigenvalue weighted by molar-refractivity contribution is 5.79. The van der Waals surface area contributed by atoms with Crippen molar-refractivity contribution in [3.8, 4) is 11.5 Å². The molecule has 0 amide bonds. The summed E-state index contributed by atoms with van der Waals surface area (Å²) >= 11 is 0. The Kier molecular flexibility index (Phi) is 6.33. The Morgan fingerprint density at radius 1 is 0.767 bits per heavy atom. The molecule has 30 heavy (non-hydrogen) atoms. The van der Waals surface area contributed by atoms with Crippen LogP contribution in [0.15, 0.2) is 66.7 Å². The molecule has 0 aliphatic rings. The Morgan fingerprint density at radius 2 is 1.30 bits per heavy atom. The number of nitrogens with zero attached hydrogens (tertiary/aromatic N) is 2. The Hall–Kier alpha value is -4.27. The second-order valence-electron chi connectivity index (χ2n) is 6.17. The highest BCUT2D eigenvalue weighted by Gasteiger charge is 2.15. The molecule has 9 heteroatoms. The van der Waals surface area contributed by atoms with Gasteiger partial charge in [0.2, 0.25) is 0 Å². The van der Waals surface area contributed by atoms with Crippen molar-refractivity contribution in [1.29, 1.82) is 0 Å². The summed E-state index contributed by atoms with van der Waals surface area (Å²) in [5.74, 6) is 0.513. The summed E-state index contributed by atoms with van der Waals surface area (Å²) in [6.45, 7) is -0.174. The largest absolute Gasteiger partial charge is 0.489 e. The highest BCUT2D eigenvalue weighted by Crippen LogP contribution is 2.28. The second kappa shape index (κ2) is 9.28. The van der Waals surface area contributed by atoms with Gasteiger partial charge in [-0.2, -0.15) is 0 Å². The molecule has 0 aliphatic carbocycles. The molecule has 9 nitrogen and oxygen atoms in total. The van der Waals surface area contributed by atoms with Crippen molar-refractivity contribution >= 4 is 17.7 Å². The van der Waals surface area contributed by atoms with Gasteiger partial charge in [0.15, 0.2) is 6.29 Å². The van der Waals surface area contributed by atoms with Crippen LogP contribution in [0, 0.1) is 20.2 Å². The summed E-state index contributed by atoms with van der Waals surface area (Å²) in [6, 6.07) is 16.8. The number of nitro groups is 2. The third-order valence-corrected chi connectivity index (χ3v) is 4.27. The average Bonchev–Trinajstić information content (AvgIpc) is 2.76. The highest BCUT2D eigenvalue weighted by atomic mass is 16.6. The standard InChI is InChI=1S/C21H16N2O7/c24-12-15-9-10-18(29-13-16-5-1-3-7-19(16)22(25)26)11-21(15)30-14-17-6-2-4-8-20(17)23(27)28/h1-12H,13-14H2. The number of benzene rings is 3. The number of hydrogen-bond donors (Lipinski definition) is 0. The maximum absolute atomic E-state index is 11.3. The molecule has 0 bridgehead atoms. The topological polar surface area (TPSA) is 122 Å². The number of aldehydes is 1. The number of rotatable bonds is 9. The summed E-state index contributed by atoms with van der Waals surface area (Å²) in [5, 5.41) is 22.2. The van der Waals surface area contributed by atoms with Gasteiger partial charge < -0.3 is 9.47 Å². The van der Waals surface area contributed by atoms with Gasteiger partial charge in [-0.1, -0.05) is 24.3 Å². The van der Waals surface area contributed by atoms with Gasteiger partial charge in [0, 0.05) is 18.2 Å². The number of carbonyl (C=O) groups is 1. The van der Waals surface area contributed by atoms with Crippen LogP contribution in [0.4, 0.5) is 11.4 Å². The molecule has 0 aromatic heterocycles. The number of ether oxygens (including phenoxy) is 2. The molecular weight excluding hydrogens is 392 g/mol. The lowest BCUT2D eigenvalue weighted by Crippen LogP contribution is -2.03. The van der Waals surface area contributed by atoms with Crippen LogP contribution in [0.1, 0.15) is 21.5 Å². The molecule has 0 saturated carbocycles. The molecule has 0 spiro atoms. The summed E-state index contributed by atoms with van der Waals surface area (Å²) in [5.41, 5.74) is 0.838. The number of carbonyl (C=O) groups excluding carboxylic acids is 1. The zero-order valence-corrected chi connectivity index (χ0v) is 15.6. The summed E-state index contributed by atoms with van der Waals surface area (Å²) in [7, 11) is 0. The van der Waals surface area contributed by atoms with Crippen molar-refractivity contribution in [2.45, 2.75) is 13.2 Å². The molecule has 0 atom stereocenters. The molecule has 3 aromatic rings. The zero-order valence-electron chi connectivity index (χ0n) is 15.6. The van der Waals surface area contributed by atoms with Crippen molar-refractivity contribution in [3.05, 3.63) is 104 Å². The van der Waals surface area contributed by atoms with Crippen LogP contribution in [0.3, 0.4) is 0 Å². The van der Waals surface area contributed by atoms with Crippen LogP contribution >= 0.6 is 0 Å². The quantitative estimate of drug-likeness (QED) is 0.291. The first-order valence-electron chi connectivity index (χ1n) is 8.79. The smallest absolute Gasteiger partial charge is 0.276 e. The van der Waals surface area contributed by atoms with E-state index in [1.165, 1.54) is 30.3 Å². The zero-order chi connectivity index (χ0) is 21.5. The van der Waals surface area contributed by atoms with E-state index in [1.807, 2.05) is 0 Å². The van der Waals surface area contributed by atoms with Gasteiger partial charge in [0.05, 0.1) is 26.5 Å². The third-order valence-electron chi connectivity index (χ3n) is 4.27. The van der Waals surface area contributed by atoms with Crippen molar-refractivity contribution in [2.24, 2.45) is 0 Å². The van der Waals surface area contributed by atoms with Crippen LogP contribution in [0.5, 0.6) is 11.5 Å². The van der Waals surface area contributed by atoms with Crippen molar-refractivity contribution in [1.82, 2.24) is 0 Å². The van der Waals surface area contributed by atoms with Gasteiger partial charge in [0.25, 0.3) is 11.4 Å². The third kappa shape index (κ3) is 4.76.